The molecule has 2 aromatic heterocycles. The Morgan fingerprint density at radius 2 is 2.00 bits per heavy atom. The normalized spacial score (nSPS) is 21.1. The minimum atomic E-state index is -0.0113. The highest BCUT2D eigenvalue weighted by molar-refractivity contribution is 5.88. The molecule has 1 unspecified atom stereocenters. The van der Waals surface area contributed by atoms with Crippen LogP contribution in [-0.2, 0) is 4.79 Å². The van der Waals surface area contributed by atoms with Gasteiger partial charge in [-0.15, -0.1) is 0 Å². The highest BCUT2D eigenvalue weighted by Gasteiger charge is 2.29. The number of likely N-dealkylation sites (tertiary alicyclic amines) is 1. The second kappa shape index (κ2) is 7.80. The van der Waals surface area contributed by atoms with Crippen LogP contribution in [0.25, 0.3) is 11.1 Å². The van der Waals surface area contributed by atoms with Gasteiger partial charge in [-0.25, -0.2) is 4.98 Å². The van der Waals surface area contributed by atoms with E-state index in [-0.39, 0.29) is 11.8 Å². The lowest BCUT2D eigenvalue weighted by Crippen LogP contribution is -2.45. The largest absolute Gasteiger partial charge is 0.355 e. The average molecular weight is 372 g/mol. The summed E-state index contributed by atoms with van der Waals surface area (Å²) in [5, 5.41) is 8.03. The number of amides is 1. The Kier molecular flexibility index (Phi) is 5.24. The maximum absolute atomic E-state index is 12.7. The molecule has 1 atom stereocenters. The maximum Gasteiger partial charge on any atom is 0.263 e. The Morgan fingerprint density at radius 3 is 2.81 bits per heavy atom. The number of aryl methyl sites for hydroxylation is 2. The number of hydrogen-bond donors (Lipinski definition) is 1. The molecule has 146 valence electrons. The number of piperidine rings is 1. The van der Waals surface area contributed by atoms with Crippen LogP contribution in [0.3, 0.4) is 0 Å². The van der Waals surface area contributed by atoms with E-state index in [4.69, 9.17) is 4.52 Å². The first kappa shape index (κ1) is 18.2. The summed E-state index contributed by atoms with van der Waals surface area (Å²) in [6.45, 7) is 9.32. The van der Waals surface area contributed by atoms with E-state index in [1.807, 2.05) is 13.8 Å². The van der Waals surface area contributed by atoms with E-state index < -0.39 is 0 Å². The van der Waals surface area contributed by atoms with E-state index in [0.717, 1.165) is 62.5 Å². The van der Waals surface area contributed by atoms with Crippen molar-refractivity contribution < 1.29 is 9.32 Å². The number of hydrogen-bond acceptors (Lipinski definition) is 7. The lowest BCUT2D eigenvalue weighted by Gasteiger charge is -2.33. The zero-order valence-corrected chi connectivity index (χ0v) is 16.2. The zero-order chi connectivity index (χ0) is 18.8. The smallest absolute Gasteiger partial charge is 0.263 e. The summed E-state index contributed by atoms with van der Waals surface area (Å²) >= 11 is 0. The van der Waals surface area contributed by atoms with Crippen LogP contribution in [-0.4, -0.2) is 65.2 Å². The summed E-state index contributed by atoms with van der Waals surface area (Å²) in [6.07, 6.45) is 4.45. The molecule has 2 aliphatic rings. The van der Waals surface area contributed by atoms with E-state index in [0.29, 0.717) is 18.1 Å². The van der Waals surface area contributed by atoms with Gasteiger partial charge in [0.25, 0.3) is 5.71 Å². The van der Waals surface area contributed by atoms with Crippen LogP contribution in [0.5, 0.6) is 0 Å². The molecule has 4 rings (SSSR count). The van der Waals surface area contributed by atoms with Crippen molar-refractivity contribution in [2.45, 2.75) is 39.5 Å². The fourth-order valence-electron chi connectivity index (χ4n) is 4.17. The van der Waals surface area contributed by atoms with E-state index in [9.17, 15) is 4.79 Å². The quantitative estimate of drug-likeness (QED) is 0.854. The summed E-state index contributed by atoms with van der Waals surface area (Å²) in [7, 11) is 0. The molecule has 1 amide bonds. The zero-order valence-electron chi connectivity index (χ0n) is 16.2. The van der Waals surface area contributed by atoms with E-state index in [1.165, 1.54) is 12.8 Å². The Labute approximate surface area is 159 Å². The predicted molar refractivity (Wildman–Crippen MR) is 103 cm³/mol. The van der Waals surface area contributed by atoms with Crippen molar-refractivity contribution in [3.8, 4) is 0 Å². The molecular formula is C19H28N6O2. The number of anilines is 1. The third-order valence-electron chi connectivity index (χ3n) is 5.62. The number of fused-ring (bicyclic) bond motifs is 1. The third-order valence-corrected chi connectivity index (χ3v) is 5.62. The van der Waals surface area contributed by atoms with Gasteiger partial charge in [0.1, 0.15) is 17.0 Å². The van der Waals surface area contributed by atoms with Gasteiger partial charge in [-0.05, 0) is 52.6 Å². The van der Waals surface area contributed by atoms with Crippen LogP contribution in [0, 0.1) is 19.8 Å². The fourth-order valence-corrected chi connectivity index (χ4v) is 4.17. The Morgan fingerprint density at radius 1 is 1.19 bits per heavy atom. The van der Waals surface area contributed by atoms with Crippen LogP contribution in [0.15, 0.2) is 4.52 Å². The van der Waals surface area contributed by atoms with Crippen LogP contribution >= 0.6 is 0 Å². The summed E-state index contributed by atoms with van der Waals surface area (Å²) in [6, 6.07) is 0. The maximum atomic E-state index is 12.7. The van der Waals surface area contributed by atoms with Gasteiger partial charge < -0.3 is 19.6 Å². The number of carbonyl (C=O) groups excluding carboxylic acids is 1. The molecule has 0 spiro atoms. The summed E-state index contributed by atoms with van der Waals surface area (Å²) < 4.78 is 5.33. The monoisotopic (exact) mass is 372 g/mol. The Balaban J connectivity index is 1.42. The minimum absolute atomic E-state index is 0.0113. The van der Waals surface area contributed by atoms with Crippen molar-refractivity contribution in [1.29, 1.82) is 0 Å². The van der Waals surface area contributed by atoms with Crippen molar-refractivity contribution in [2.75, 3.05) is 44.2 Å². The lowest BCUT2D eigenvalue weighted by molar-refractivity contribution is -0.125. The van der Waals surface area contributed by atoms with Gasteiger partial charge in [0.15, 0.2) is 0 Å². The minimum Gasteiger partial charge on any atom is -0.355 e. The molecule has 0 saturated carbocycles. The first-order chi connectivity index (χ1) is 13.1. The third kappa shape index (κ3) is 3.90. The summed E-state index contributed by atoms with van der Waals surface area (Å²) in [5.41, 5.74) is 1.31. The van der Waals surface area contributed by atoms with E-state index in [2.05, 4.69) is 30.2 Å². The number of nitrogens with one attached hydrogen (secondary N) is 1. The van der Waals surface area contributed by atoms with Gasteiger partial charge in [0.2, 0.25) is 5.91 Å². The van der Waals surface area contributed by atoms with Crippen molar-refractivity contribution in [3.05, 3.63) is 11.5 Å². The molecule has 2 saturated heterocycles. The van der Waals surface area contributed by atoms with Crippen LogP contribution in [0.2, 0.25) is 0 Å². The van der Waals surface area contributed by atoms with Gasteiger partial charge >= 0.3 is 0 Å². The van der Waals surface area contributed by atoms with Gasteiger partial charge in [0, 0.05) is 26.2 Å². The molecule has 4 heterocycles. The van der Waals surface area contributed by atoms with Gasteiger partial charge in [-0.2, -0.15) is 4.98 Å². The SMILES string of the molecule is Cc1nc(N2CCCC(C(=O)NCCN3CCCC3)C2)c2c(C)noc2n1. The highest BCUT2D eigenvalue weighted by Crippen LogP contribution is 2.30. The number of nitrogens with zero attached hydrogens (tertiary/aromatic N) is 5. The van der Waals surface area contributed by atoms with Crippen molar-refractivity contribution in [2.24, 2.45) is 5.92 Å². The Hall–Kier alpha value is -2.22. The Bertz CT molecular complexity index is 814. The molecule has 2 aliphatic heterocycles. The molecule has 2 fully saturated rings. The second-order valence-corrected chi connectivity index (χ2v) is 7.67. The summed E-state index contributed by atoms with van der Waals surface area (Å²) in [5.74, 6) is 1.64. The standard InChI is InChI=1S/C19H28N6O2/c1-13-16-17(21-14(2)22-19(16)27-23-13)25-10-5-6-15(12-25)18(26)20-7-11-24-8-3-4-9-24/h15H,3-12H2,1-2H3,(H,20,26). The van der Waals surface area contributed by atoms with Gasteiger partial charge in [-0.1, -0.05) is 5.16 Å². The van der Waals surface area contributed by atoms with Crippen molar-refractivity contribution in [3.63, 3.8) is 0 Å². The molecule has 2 aromatic rings. The number of rotatable bonds is 5. The van der Waals surface area contributed by atoms with E-state index >= 15 is 0 Å². The van der Waals surface area contributed by atoms with Crippen molar-refractivity contribution >= 4 is 22.8 Å². The van der Waals surface area contributed by atoms with Gasteiger partial charge in [0.05, 0.1) is 11.6 Å². The lowest BCUT2D eigenvalue weighted by atomic mass is 9.97. The molecule has 8 heteroatoms. The first-order valence-electron chi connectivity index (χ1n) is 9.97. The second-order valence-electron chi connectivity index (χ2n) is 7.67. The number of carbonyl (C=O) groups is 1. The van der Waals surface area contributed by atoms with E-state index in [1.54, 1.807) is 0 Å². The molecule has 0 bridgehead atoms. The topological polar surface area (TPSA) is 87.4 Å². The highest BCUT2D eigenvalue weighted by atomic mass is 16.5. The van der Waals surface area contributed by atoms with Gasteiger partial charge in [-0.3, -0.25) is 4.79 Å². The molecular weight excluding hydrogens is 344 g/mol. The molecule has 0 aliphatic carbocycles. The van der Waals surface area contributed by atoms with Crippen LogP contribution < -0.4 is 10.2 Å². The number of aromatic nitrogens is 3. The van der Waals surface area contributed by atoms with Crippen molar-refractivity contribution in [1.82, 2.24) is 25.3 Å². The van der Waals surface area contributed by atoms with Crippen LogP contribution in [0.4, 0.5) is 5.82 Å². The molecule has 8 nitrogen and oxygen atoms in total. The average Bonchev–Trinajstić information content (AvgIpc) is 3.31. The predicted octanol–water partition coefficient (Wildman–Crippen LogP) is 1.66. The summed E-state index contributed by atoms with van der Waals surface area (Å²) in [4.78, 5) is 26.3. The molecule has 1 N–H and O–H groups in total. The first-order valence-corrected chi connectivity index (χ1v) is 9.97. The molecule has 27 heavy (non-hydrogen) atoms. The fraction of sp³-hybridized carbons (Fsp3) is 0.684. The van der Waals surface area contributed by atoms with Crippen LogP contribution in [0.1, 0.15) is 37.2 Å². The molecule has 0 aromatic carbocycles. The molecule has 0 radical (unpaired) electrons.